The van der Waals surface area contributed by atoms with E-state index in [9.17, 15) is 9.59 Å². The minimum atomic E-state index is -0.568. The number of hydrogen-bond acceptors (Lipinski definition) is 6. The van der Waals surface area contributed by atoms with Gasteiger partial charge >= 0.3 is 5.97 Å². The standard InChI is InChI=1S/C28H26N4O3S/c1-19(33)35-27-24(30-31-32(27)2)18-23-25(34)29-26(23)36-28(20-12-6-3-7-13-20,21-14-8-4-9-15-21)22-16-10-5-11-17-22/h3-17,23,26H,18H2,1-2H3,(H,29,34). The molecule has 0 radical (unpaired) electrons. The number of thioether (sulfide) groups is 1. The number of hydrogen-bond donors (Lipinski definition) is 1. The molecule has 1 N–H and O–H groups in total. The summed E-state index contributed by atoms with van der Waals surface area (Å²) in [4.78, 5) is 24.4. The van der Waals surface area contributed by atoms with Crippen molar-refractivity contribution in [3.63, 3.8) is 0 Å². The van der Waals surface area contributed by atoms with Gasteiger partial charge in [-0.3, -0.25) is 9.59 Å². The summed E-state index contributed by atoms with van der Waals surface area (Å²) in [7, 11) is 1.66. The molecule has 3 aromatic carbocycles. The summed E-state index contributed by atoms with van der Waals surface area (Å²) < 4.78 is 6.17. The first-order valence-electron chi connectivity index (χ1n) is 11.7. The largest absolute Gasteiger partial charge is 0.406 e. The summed E-state index contributed by atoms with van der Waals surface area (Å²) in [6.07, 6.45) is 0.314. The van der Waals surface area contributed by atoms with E-state index in [1.165, 1.54) is 11.6 Å². The Balaban J connectivity index is 1.56. The first kappa shape index (κ1) is 23.8. The number of amides is 1. The van der Waals surface area contributed by atoms with Gasteiger partial charge in [-0.15, -0.1) is 16.9 Å². The van der Waals surface area contributed by atoms with E-state index in [-0.39, 0.29) is 23.1 Å². The molecule has 0 spiro atoms. The zero-order valence-electron chi connectivity index (χ0n) is 20.0. The number of aromatic nitrogens is 3. The van der Waals surface area contributed by atoms with Gasteiger partial charge < -0.3 is 10.1 Å². The fourth-order valence-corrected chi connectivity index (χ4v) is 6.36. The van der Waals surface area contributed by atoms with Crippen LogP contribution in [0.4, 0.5) is 0 Å². The second kappa shape index (κ2) is 9.99. The van der Waals surface area contributed by atoms with Gasteiger partial charge in [0.1, 0.15) is 5.69 Å². The maximum atomic E-state index is 12.8. The Hall–Kier alpha value is -3.91. The van der Waals surface area contributed by atoms with E-state index in [1.54, 1.807) is 18.8 Å². The van der Waals surface area contributed by atoms with Gasteiger partial charge in [0.2, 0.25) is 11.8 Å². The van der Waals surface area contributed by atoms with Crippen LogP contribution in [-0.2, 0) is 27.8 Å². The Morgan fingerprint density at radius 3 is 1.89 bits per heavy atom. The molecule has 1 aliphatic heterocycles. The van der Waals surface area contributed by atoms with E-state index in [0.717, 1.165) is 16.7 Å². The molecule has 2 unspecified atom stereocenters. The van der Waals surface area contributed by atoms with Gasteiger partial charge in [0.05, 0.1) is 16.0 Å². The monoisotopic (exact) mass is 498 g/mol. The highest BCUT2D eigenvalue weighted by atomic mass is 32.2. The third kappa shape index (κ3) is 4.40. The number of esters is 1. The number of benzene rings is 3. The average Bonchev–Trinajstić information content (AvgIpc) is 3.25. The van der Waals surface area contributed by atoms with Crippen LogP contribution in [0.5, 0.6) is 5.88 Å². The molecule has 1 saturated heterocycles. The Kier molecular flexibility index (Phi) is 6.61. The molecule has 0 bridgehead atoms. The van der Waals surface area contributed by atoms with Crippen molar-refractivity contribution in [1.29, 1.82) is 0 Å². The number of rotatable bonds is 8. The number of nitrogens with zero attached hydrogens (tertiary/aromatic N) is 3. The highest BCUT2D eigenvalue weighted by molar-refractivity contribution is 8.01. The lowest BCUT2D eigenvalue weighted by atomic mass is 9.84. The van der Waals surface area contributed by atoms with Gasteiger partial charge in [-0.2, -0.15) is 0 Å². The molecule has 5 rings (SSSR count). The molecule has 1 amide bonds. The number of β-lactam (4-membered cyclic amide) rings is 1. The predicted octanol–water partition coefficient (Wildman–Crippen LogP) is 4.08. The van der Waals surface area contributed by atoms with Crippen molar-refractivity contribution in [2.24, 2.45) is 13.0 Å². The Labute approximate surface area is 213 Å². The first-order chi connectivity index (χ1) is 17.5. The van der Waals surface area contributed by atoms with Gasteiger partial charge in [-0.25, -0.2) is 4.68 Å². The molecule has 1 aromatic heterocycles. The molecule has 7 nitrogen and oxygen atoms in total. The molecule has 2 atom stereocenters. The quantitative estimate of drug-likeness (QED) is 0.224. The summed E-state index contributed by atoms with van der Waals surface area (Å²) in [5, 5.41) is 11.1. The topological polar surface area (TPSA) is 86.1 Å². The zero-order chi connectivity index (χ0) is 25.1. The van der Waals surface area contributed by atoms with Crippen LogP contribution in [0, 0.1) is 5.92 Å². The summed E-state index contributed by atoms with van der Waals surface area (Å²) in [5.41, 5.74) is 3.84. The summed E-state index contributed by atoms with van der Waals surface area (Å²) in [6.45, 7) is 1.33. The lowest BCUT2D eigenvalue weighted by molar-refractivity contribution is -0.132. The summed E-state index contributed by atoms with van der Waals surface area (Å²) >= 11 is 1.70. The maximum absolute atomic E-state index is 12.8. The Bertz CT molecular complexity index is 1260. The molecule has 4 aromatic rings. The molecular weight excluding hydrogens is 472 g/mol. The Morgan fingerprint density at radius 1 is 0.944 bits per heavy atom. The molecule has 0 saturated carbocycles. The minimum Gasteiger partial charge on any atom is -0.406 e. The lowest BCUT2D eigenvalue weighted by Crippen LogP contribution is -2.58. The van der Waals surface area contributed by atoms with Crippen molar-refractivity contribution < 1.29 is 14.3 Å². The summed E-state index contributed by atoms with van der Waals surface area (Å²) in [5.74, 6) is -0.611. The van der Waals surface area contributed by atoms with E-state index >= 15 is 0 Å². The highest BCUT2D eigenvalue weighted by Crippen LogP contribution is 2.52. The number of carbonyl (C=O) groups is 2. The highest BCUT2D eigenvalue weighted by Gasteiger charge is 2.48. The molecule has 0 aliphatic carbocycles. The fraction of sp³-hybridized carbons (Fsp3) is 0.214. The van der Waals surface area contributed by atoms with Gasteiger partial charge in [0.25, 0.3) is 0 Å². The van der Waals surface area contributed by atoms with Crippen LogP contribution in [0.25, 0.3) is 0 Å². The van der Waals surface area contributed by atoms with Crippen molar-refractivity contribution in [2.45, 2.75) is 23.5 Å². The molecule has 36 heavy (non-hydrogen) atoms. The molecule has 2 heterocycles. The van der Waals surface area contributed by atoms with Crippen LogP contribution >= 0.6 is 11.8 Å². The van der Waals surface area contributed by atoms with Gasteiger partial charge in [0.15, 0.2) is 0 Å². The van der Waals surface area contributed by atoms with Crippen molar-refractivity contribution >= 4 is 23.6 Å². The molecule has 182 valence electrons. The average molecular weight is 499 g/mol. The molecular formula is C28H26N4O3S. The first-order valence-corrected chi connectivity index (χ1v) is 12.6. The normalized spacial score (nSPS) is 17.2. The second-order valence-electron chi connectivity index (χ2n) is 8.70. The second-order valence-corrected chi connectivity index (χ2v) is 10.1. The minimum absolute atomic E-state index is 0.0602. The molecule has 1 fully saturated rings. The van der Waals surface area contributed by atoms with E-state index < -0.39 is 10.7 Å². The van der Waals surface area contributed by atoms with Gasteiger partial charge in [-0.05, 0) is 16.7 Å². The fourth-order valence-electron chi connectivity index (χ4n) is 4.60. The third-order valence-electron chi connectivity index (χ3n) is 6.33. The maximum Gasteiger partial charge on any atom is 0.309 e. The van der Waals surface area contributed by atoms with Crippen LogP contribution in [0.2, 0.25) is 0 Å². The van der Waals surface area contributed by atoms with Crippen molar-refractivity contribution in [2.75, 3.05) is 0 Å². The predicted molar refractivity (Wildman–Crippen MR) is 138 cm³/mol. The number of ether oxygens (including phenoxy) is 1. The van der Waals surface area contributed by atoms with E-state index in [0.29, 0.717) is 12.1 Å². The van der Waals surface area contributed by atoms with Crippen LogP contribution < -0.4 is 10.1 Å². The Morgan fingerprint density at radius 2 is 1.44 bits per heavy atom. The summed E-state index contributed by atoms with van der Waals surface area (Å²) in [6, 6.07) is 31.0. The number of aryl methyl sites for hydroxylation is 1. The van der Waals surface area contributed by atoms with Crippen molar-refractivity contribution in [3.8, 4) is 5.88 Å². The lowest BCUT2D eigenvalue weighted by Gasteiger charge is -2.44. The zero-order valence-corrected chi connectivity index (χ0v) is 20.8. The van der Waals surface area contributed by atoms with E-state index in [2.05, 4.69) is 52.0 Å². The smallest absolute Gasteiger partial charge is 0.309 e. The number of carbonyl (C=O) groups excluding carboxylic acids is 2. The number of nitrogens with one attached hydrogen (secondary N) is 1. The van der Waals surface area contributed by atoms with Gasteiger partial charge in [0, 0.05) is 20.4 Å². The van der Waals surface area contributed by atoms with Crippen molar-refractivity contribution in [3.05, 3.63) is 113 Å². The SMILES string of the molecule is CC(=O)Oc1c(CC2C(=O)NC2SC(c2ccccc2)(c2ccccc2)c2ccccc2)nnn1C. The molecule has 8 heteroatoms. The van der Waals surface area contributed by atoms with Gasteiger partial charge in [-0.1, -0.05) is 96.2 Å². The van der Waals surface area contributed by atoms with Crippen molar-refractivity contribution in [1.82, 2.24) is 20.3 Å². The third-order valence-corrected chi connectivity index (χ3v) is 8.09. The van der Waals surface area contributed by atoms with E-state index in [4.69, 9.17) is 4.74 Å². The van der Waals surface area contributed by atoms with E-state index in [1.807, 2.05) is 54.6 Å². The van der Waals surface area contributed by atoms with Crippen LogP contribution in [0.1, 0.15) is 29.3 Å². The molecule has 1 aliphatic rings. The van der Waals surface area contributed by atoms with Crippen LogP contribution in [0.15, 0.2) is 91.0 Å². The van der Waals surface area contributed by atoms with Crippen LogP contribution in [-0.4, -0.2) is 32.2 Å². The van der Waals surface area contributed by atoms with Crippen LogP contribution in [0.3, 0.4) is 0 Å².